The van der Waals surface area contributed by atoms with Crippen LogP contribution in [0.1, 0.15) is 55.3 Å². The summed E-state index contributed by atoms with van der Waals surface area (Å²) in [6.45, 7) is 1.82. The van der Waals surface area contributed by atoms with Crippen molar-refractivity contribution in [2.75, 3.05) is 39.1 Å². The first-order chi connectivity index (χ1) is 12.8. The van der Waals surface area contributed by atoms with Gasteiger partial charge in [0, 0.05) is 46.0 Å². The molecule has 7 heteroatoms. The van der Waals surface area contributed by atoms with Crippen LogP contribution in [0.25, 0.3) is 0 Å². The van der Waals surface area contributed by atoms with E-state index in [-0.39, 0.29) is 16.8 Å². The maximum absolute atomic E-state index is 13.3. The van der Waals surface area contributed by atoms with E-state index in [2.05, 4.69) is 4.90 Å². The smallest absolute Gasteiger partial charge is 0.255 e. The molecule has 0 bridgehead atoms. The molecule has 2 aliphatic rings. The monoisotopic (exact) mass is 393 g/mol. The van der Waals surface area contributed by atoms with E-state index in [1.807, 2.05) is 18.0 Å². The Morgan fingerprint density at radius 2 is 1.63 bits per heavy atom. The van der Waals surface area contributed by atoms with E-state index < -0.39 is 10.0 Å². The van der Waals surface area contributed by atoms with Crippen molar-refractivity contribution in [3.05, 3.63) is 23.8 Å². The second kappa shape index (κ2) is 8.19. The summed E-state index contributed by atoms with van der Waals surface area (Å²) in [5, 5.41) is 0. The molecular weight excluding hydrogens is 362 g/mol. The number of nitrogens with zero attached hydrogens (tertiary/aromatic N) is 3. The number of anilines is 1. The molecule has 0 spiro atoms. The zero-order valence-corrected chi connectivity index (χ0v) is 17.5. The number of benzene rings is 1. The lowest BCUT2D eigenvalue weighted by atomic mass is 10.1. The fourth-order valence-electron chi connectivity index (χ4n) is 4.12. The van der Waals surface area contributed by atoms with Gasteiger partial charge < -0.3 is 9.80 Å². The predicted octanol–water partition coefficient (Wildman–Crippen LogP) is 2.94. The highest BCUT2D eigenvalue weighted by Gasteiger charge is 2.29. The molecule has 0 atom stereocenters. The van der Waals surface area contributed by atoms with E-state index in [1.165, 1.54) is 24.8 Å². The van der Waals surface area contributed by atoms with Crippen LogP contribution in [0.5, 0.6) is 0 Å². The van der Waals surface area contributed by atoms with Gasteiger partial charge in [0.1, 0.15) is 0 Å². The molecule has 1 heterocycles. The van der Waals surface area contributed by atoms with Gasteiger partial charge in [0.25, 0.3) is 5.91 Å². The number of rotatable bonds is 5. The standard InChI is InChI=1S/C20H31N3O3S/c1-21(2)27(25,26)17-11-12-19(23-13-7-4-8-14-23)18(15-17)20(24)22(3)16-9-5-6-10-16/h11-12,15-16H,4-10,13-14H2,1-3H3. The van der Waals surface area contributed by atoms with E-state index in [0.29, 0.717) is 5.56 Å². The van der Waals surface area contributed by atoms with Crippen LogP contribution in [-0.2, 0) is 10.0 Å². The van der Waals surface area contributed by atoms with Crippen molar-refractivity contribution < 1.29 is 13.2 Å². The van der Waals surface area contributed by atoms with Crippen LogP contribution in [0.4, 0.5) is 5.69 Å². The maximum atomic E-state index is 13.3. The summed E-state index contributed by atoms with van der Waals surface area (Å²) >= 11 is 0. The van der Waals surface area contributed by atoms with Crippen LogP contribution < -0.4 is 4.90 Å². The molecule has 2 fully saturated rings. The molecule has 1 saturated heterocycles. The Kier molecular flexibility index (Phi) is 6.11. The van der Waals surface area contributed by atoms with Gasteiger partial charge in [-0.05, 0) is 50.3 Å². The molecule has 0 radical (unpaired) electrons. The normalized spacial score (nSPS) is 18.9. The van der Waals surface area contributed by atoms with Gasteiger partial charge in [-0.2, -0.15) is 0 Å². The third-order valence-corrected chi connectivity index (χ3v) is 7.68. The summed E-state index contributed by atoms with van der Waals surface area (Å²) in [5.41, 5.74) is 1.37. The quantitative estimate of drug-likeness (QED) is 0.772. The molecule has 0 unspecified atom stereocenters. The van der Waals surface area contributed by atoms with E-state index in [4.69, 9.17) is 0 Å². The third-order valence-electron chi connectivity index (χ3n) is 5.87. The molecule has 1 aliphatic carbocycles. The molecule has 6 nitrogen and oxygen atoms in total. The first kappa shape index (κ1) is 20.1. The highest BCUT2D eigenvalue weighted by atomic mass is 32.2. The zero-order chi connectivity index (χ0) is 19.6. The minimum Gasteiger partial charge on any atom is -0.371 e. The maximum Gasteiger partial charge on any atom is 0.255 e. The SMILES string of the molecule is CN(C(=O)c1cc(S(=O)(=O)N(C)C)ccc1N1CCCCC1)C1CCCC1. The van der Waals surface area contributed by atoms with E-state index in [1.54, 1.807) is 12.1 Å². The van der Waals surface area contributed by atoms with Crippen LogP contribution in [0, 0.1) is 0 Å². The fraction of sp³-hybridized carbons (Fsp3) is 0.650. The summed E-state index contributed by atoms with van der Waals surface area (Å²) in [6.07, 6.45) is 7.75. The third kappa shape index (κ3) is 4.14. The van der Waals surface area contributed by atoms with E-state index >= 15 is 0 Å². The highest BCUT2D eigenvalue weighted by Crippen LogP contribution is 2.31. The molecule has 1 amide bonds. The average Bonchev–Trinajstić information content (AvgIpc) is 3.21. The Morgan fingerprint density at radius 3 is 2.22 bits per heavy atom. The summed E-state index contributed by atoms with van der Waals surface area (Å²) in [6, 6.07) is 5.27. The van der Waals surface area contributed by atoms with Crippen molar-refractivity contribution in [1.29, 1.82) is 0 Å². The van der Waals surface area contributed by atoms with Crippen molar-refractivity contribution in [1.82, 2.24) is 9.21 Å². The van der Waals surface area contributed by atoms with Crippen LogP contribution in [0.3, 0.4) is 0 Å². The fourth-order valence-corrected chi connectivity index (χ4v) is 5.04. The zero-order valence-electron chi connectivity index (χ0n) is 16.6. The lowest BCUT2D eigenvalue weighted by molar-refractivity contribution is 0.0735. The molecule has 3 rings (SSSR count). The summed E-state index contributed by atoms with van der Waals surface area (Å²) in [7, 11) is 1.30. The van der Waals surface area contributed by atoms with Gasteiger partial charge in [0.15, 0.2) is 0 Å². The Labute approximate surface area is 163 Å². The Bertz CT molecular complexity index is 780. The van der Waals surface area contributed by atoms with Gasteiger partial charge in [0.2, 0.25) is 10.0 Å². The van der Waals surface area contributed by atoms with Gasteiger partial charge in [-0.15, -0.1) is 0 Å². The highest BCUT2D eigenvalue weighted by molar-refractivity contribution is 7.89. The topological polar surface area (TPSA) is 60.9 Å². The van der Waals surface area contributed by atoms with Crippen LogP contribution >= 0.6 is 0 Å². The number of amides is 1. The minimum absolute atomic E-state index is 0.0710. The van der Waals surface area contributed by atoms with Gasteiger partial charge in [-0.25, -0.2) is 12.7 Å². The van der Waals surface area contributed by atoms with Crippen molar-refractivity contribution >= 4 is 21.6 Å². The average molecular weight is 394 g/mol. The summed E-state index contributed by atoms with van der Waals surface area (Å²) in [5.74, 6) is -0.0710. The Morgan fingerprint density at radius 1 is 1.00 bits per heavy atom. The minimum atomic E-state index is -3.58. The van der Waals surface area contributed by atoms with Gasteiger partial charge >= 0.3 is 0 Å². The second-order valence-corrected chi connectivity index (χ2v) is 10.0. The lowest BCUT2D eigenvalue weighted by Gasteiger charge is -2.32. The molecule has 150 valence electrons. The lowest BCUT2D eigenvalue weighted by Crippen LogP contribution is -2.37. The first-order valence-corrected chi connectivity index (χ1v) is 11.3. The van der Waals surface area contributed by atoms with Crippen molar-refractivity contribution in [2.45, 2.75) is 55.9 Å². The molecule has 1 aliphatic heterocycles. The van der Waals surface area contributed by atoms with Gasteiger partial charge in [-0.3, -0.25) is 4.79 Å². The van der Waals surface area contributed by atoms with Crippen molar-refractivity contribution in [3.8, 4) is 0 Å². The number of hydrogen-bond acceptors (Lipinski definition) is 4. The van der Waals surface area contributed by atoms with Crippen LogP contribution in [0.15, 0.2) is 23.1 Å². The number of piperidine rings is 1. The summed E-state index contributed by atoms with van der Waals surface area (Å²) < 4.78 is 26.4. The Hall–Kier alpha value is -1.60. The molecule has 1 aromatic carbocycles. The van der Waals surface area contributed by atoms with Crippen molar-refractivity contribution in [2.24, 2.45) is 0 Å². The van der Waals surface area contributed by atoms with Gasteiger partial charge in [-0.1, -0.05) is 12.8 Å². The summed E-state index contributed by atoms with van der Waals surface area (Å²) in [4.78, 5) is 17.6. The molecular formula is C20H31N3O3S. The molecule has 1 aromatic rings. The van der Waals surface area contributed by atoms with Crippen LogP contribution in [0.2, 0.25) is 0 Å². The first-order valence-electron chi connectivity index (χ1n) is 9.91. The largest absolute Gasteiger partial charge is 0.371 e. The number of carbonyl (C=O) groups excluding carboxylic acids is 1. The number of carbonyl (C=O) groups is 1. The molecule has 0 N–H and O–H groups in total. The molecule has 0 aromatic heterocycles. The van der Waals surface area contributed by atoms with Crippen LogP contribution in [-0.4, -0.2) is 63.8 Å². The molecule has 27 heavy (non-hydrogen) atoms. The predicted molar refractivity (Wildman–Crippen MR) is 108 cm³/mol. The molecule has 1 saturated carbocycles. The number of sulfonamides is 1. The van der Waals surface area contributed by atoms with Gasteiger partial charge in [0.05, 0.1) is 10.5 Å². The van der Waals surface area contributed by atoms with E-state index in [0.717, 1.165) is 57.3 Å². The number of hydrogen-bond donors (Lipinski definition) is 0. The Balaban J connectivity index is 2.01. The second-order valence-electron chi connectivity index (χ2n) is 7.87. The van der Waals surface area contributed by atoms with Crippen molar-refractivity contribution in [3.63, 3.8) is 0 Å². The van der Waals surface area contributed by atoms with E-state index in [9.17, 15) is 13.2 Å².